The van der Waals surface area contributed by atoms with Crippen LogP contribution in [0.1, 0.15) is 27.2 Å². The summed E-state index contributed by atoms with van der Waals surface area (Å²) in [6.07, 6.45) is 1.18. The Labute approximate surface area is 179 Å². The van der Waals surface area contributed by atoms with Crippen molar-refractivity contribution in [2.75, 3.05) is 10.6 Å². The van der Waals surface area contributed by atoms with Crippen LogP contribution in [-0.2, 0) is 9.59 Å². The summed E-state index contributed by atoms with van der Waals surface area (Å²) in [7, 11) is 0. The molecule has 1 aliphatic heterocycles. The quantitative estimate of drug-likeness (QED) is 0.633. The number of amides is 2. The number of carbonyl (C=O) groups is 2. The monoisotopic (exact) mass is 421 g/mol. The number of fused-ring (bicyclic) bond motifs is 1. The van der Waals surface area contributed by atoms with Gasteiger partial charge in [0.2, 0.25) is 0 Å². The highest BCUT2D eigenvalue weighted by Gasteiger charge is 2.35. The van der Waals surface area contributed by atoms with E-state index in [0.717, 1.165) is 5.69 Å². The summed E-state index contributed by atoms with van der Waals surface area (Å²) >= 11 is 0. The highest BCUT2D eigenvalue weighted by Crippen LogP contribution is 2.35. The minimum atomic E-state index is -0.992. The second-order valence-corrected chi connectivity index (χ2v) is 7.59. The molecule has 0 spiro atoms. The molecule has 2 amide bonds. The number of ether oxygens (including phenoxy) is 2. The number of rotatable bonds is 6. The summed E-state index contributed by atoms with van der Waals surface area (Å²) in [5.41, 5.74) is 0.932. The van der Waals surface area contributed by atoms with Gasteiger partial charge in [0.05, 0.1) is 11.4 Å². The second-order valence-electron chi connectivity index (χ2n) is 7.59. The van der Waals surface area contributed by atoms with E-state index in [1.54, 1.807) is 36.7 Å². The van der Waals surface area contributed by atoms with Crippen molar-refractivity contribution in [3.63, 3.8) is 0 Å². The van der Waals surface area contributed by atoms with Crippen LogP contribution < -0.4 is 20.1 Å². The maximum atomic E-state index is 12.8. The van der Waals surface area contributed by atoms with Crippen LogP contribution >= 0.6 is 0 Å². The Morgan fingerprint density at radius 2 is 2.03 bits per heavy atom. The van der Waals surface area contributed by atoms with Crippen molar-refractivity contribution in [2.45, 2.75) is 38.9 Å². The van der Waals surface area contributed by atoms with Crippen molar-refractivity contribution in [1.82, 2.24) is 14.8 Å². The Morgan fingerprint density at radius 3 is 2.77 bits per heavy atom. The molecule has 2 heterocycles. The first-order chi connectivity index (χ1) is 14.9. The normalized spacial score (nSPS) is 15.3. The van der Waals surface area contributed by atoms with Crippen molar-refractivity contribution in [2.24, 2.45) is 0 Å². The molecule has 0 radical (unpaired) electrons. The van der Waals surface area contributed by atoms with Crippen molar-refractivity contribution in [3.8, 4) is 17.4 Å². The summed E-state index contributed by atoms with van der Waals surface area (Å²) in [6, 6.07) is 14.7. The third-order valence-corrected chi connectivity index (χ3v) is 4.81. The molecule has 0 saturated carbocycles. The van der Waals surface area contributed by atoms with E-state index in [4.69, 9.17) is 9.47 Å². The van der Waals surface area contributed by atoms with Crippen LogP contribution in [0.15, 0.2) is 54.9 Å². The van der Waals surface area contributed by atoms with Gasteiger partial charge in [-0.2, -0.15) is 4.98 Å². The van der Waals surface area contributed by atoms with Crippen molar-refractivity contribution in [3.05, 3.63) is 54.9 Å². The highest BCUT2D eigenvalue weighted by atomic mass is 16.5. The minimum Gasteiger partial charge on any atom is -0.476 e. The first kappa shape index (κ1) is 20.4. The summed E-state index contributed by atoms with van der Waals surface area (Å²) in [5, 5.41) is 9.90. The fourth-order valence-corrected chi connectivity index (χ4v) is 3.06. The fraction of sp³-hybridized carbons (Fsp3) is 0.273. The van der Waals surface area contributed by atoms with Crippen LogP contribution in [0.25, 0.3) is 5.69 Å². The lowest BCUT2D eigenvalue weighted by molar-refractivity contribution is -0.129. The van der Waals surface area contributed by atoms with E-state index in [2.05, 4.69) is 20.7 Å². The molecule has 1 atom stereocenters. The van der Waals surface area contributed by atoms with E-state index in [9.17, 15) is 9.59 Å². The molecule has 0 bridgehead atoms. The molecule has 0 aliphatic carbocycles. The van der Waals surface area contributed by atoms with Crippen LogP contribution in [0, 0.1) is 0 Å². The number of nitrogens with zero attached hydrogens (tertiary/aromatic N) is 3. The van der Waals surface area contributed by atoms with E-state index in [1.807, 2.05) is 37.3 Å². The van der Waals surface area contributed by atoms with Gasteiger partial charge >= 0.3 is 6.01 Å². The Kier molecular flexibility index (Phi) is 5.33. The minimum absolute atomic E-state index is 0.115. The van der Waals surface area contributed by atoms with E-state index in [0.29, 0.717) is 23.5 Å². The Morgan fingerprint density at radius 1 is 1.26 bits per heavy atom. The van der Waals surface area contributed by atoms with Gasteiger partial charge in [0.15, 0.2) is 11.7 Å². The molecule has 160 valence electrons. The van der Waals surface area contributed by atoms with Gasteiger partial charge in [-0.3, -0.25) is 9.59 Å². The zero-order valence-electron chi connectivity index (χ0n) is 17.5. The predicted molar refractivity (Wildman–Crippen MR) is 114 cm³/mol. The zero-order valence-corrected chi connectivity index (χ0v) is 17.5. The van der Waals surface area contributed by atoms with Crippen LogP contribution in [0.4, 0.5) is 11.4 Å². The molecular formula is C22H23N5O4. The SMILES string of the molecule is CCC(Oc1ncn(-c2ccccc2)n1)C(=O)Nc1ccc2c(c1)OC(C)(C)C(=O)N2. The average molecular weight is 421 g/mol. The molecular weight excluding hydrogens is 398 g/mol. The van der Waals surface area contributed by atoms with Crippen molar-refractivity contribution in [1.29, 1.82) is 0 Å². The van der Waals surface area contributed by atoms with Gasteiger partial charge < -0.3 is 20.1 Å². The number of hydrogen-bond acceptors (Lipinski definition) is 6. The molecule has 4 rings (SSSR count). The molecule has 9 nitrogen and oxygen atoms in total. The van der Waals surface area contributed by atoms with Crippen LogP contribution in [0.2, 0.25) is 0 Å². The zero-order chi connectivity index (χ0) is 22.0. The predicted octanol–water partition coefficient (Wildman–Crippen LogP) is 3.17. The first-order valence-corrected chi connectivity index (χ1v) is 9.95. The maximum Gasteiger partial charge on any atom is 0.336 e. The van der Waals surface area contributed by atoms with Gasteiger partial charge in [0, 0.05) is 11.8 Å². The van der Waals surface area contributed by atoms with Gasteiger partial charge in [0.1, 0.15) is 12.1 Å². The van der Waals surface area contributed by atoms with E-state index < -0.39 is 11.7 Å². The van der Waals surface area contributed by atoms with E-state index in [1.165, 1.54) is 6.33 Å². The standard InChI is InChI=1S/C22H23N5O4/c1-4-17(30-21-23-13-27(26-21)15-8-6-5-7-9-15)19(28)24-14-10-11-16-18(12-14)31-22(2,3)20(29)25-16/h5-13,17H,4H2,1-3H3,(H,24,28)(H,25,29). The molecule has 3 aromatic rings. The van der Waals surface area contributed by atoms with Crippen molar-refractivity contribution < 1.29 is 19.1 Å². The van der Waals surface area contributed by atoms with Gasteiger partial charge in [-0.1, -0.05) is 25.1 Å². The summed E-state index contributed by atoms with van der Waals surface area (Å²) in [6.45, 7) is 5.20. The number of nitrogens with one attached hydrogen (secondary N) is 2. The lowest BCUT2D eigenvalue weighted by atomic mass is 10.1. The molecule has 2 aromatic carbocycles. The largest absolute Gasteiger partial charge is 0.476 e. The Hall–Kier alpha value is -3.88. The molecule has 1 aliphatic rings. The van der Waals surface area contributed by atoms with Gasteiger partial charge in [-0.05, 0) is 44.5 Å². The van der Waals surface area contributed by atoms with Crippen LogP contribution in [0.5, 0.6) is 11.8 Å². The summed E-state index contributed by atoms with van der Waals surface area (Å²) in [5.74, 6) is -0.0732. The van der Waals surface area contributed by atoms with Gasteiger partial charge in [0.25, 0.3) is 11.8 Å². The number of anilines is 2. The number of benzene rings is 2. The number of carbonyl (C=O) groups excluding carboxylic acids is 2. The lowest BCUT2D eigenvalue weighted by Crippen LogP contribution is -2.45. The van der Waals surface area contributed by atoms with E-state index >= 15 is 0 Å². The number of hydrogen-bond donors (Lipinski definition) is 2. The maximum absolute atomic E-state index is 12.8. The molecule has 31 heavy (non-hydrogen) atoms. The lowest BCUT2D eigenvalue weighted by Gasteiger charge is -2.31. The summed E-state index contributed by atoms with van der Waals surface area (Å²) in [4.78, 5) is 28.9. The van der Waals surface area contributed by atoms with Gasteiger partial charge in [-0.15, -0.1) is 5.10 Å². The fourth-order valence-electron chi connectivity index (χ4n) is 3.06. The first-order valence-electron chi connectivity index (χ1n) is 9.95. The second kappa shape index (κ2) is 8.10. The van der Waals surface area contributed by atoms with Crippen molar-refractivity contribution >= 4 is 23.2 Å². The molecule has 2 N–H and O–H groups in total. The third-order valence-electron chi connectivity index (χ3n) is 4.81. The Bertz CT molecular complexity index is 1110. The molecule has 9 heteroatoms. The average Bonchev–Trinajstić information content (AvgIpc) is 3.22. The smallest absolute Gasteiger partial charge is 0.336 e. The van der Waals surface area contributed by atoms with E-state index in [-0.39, 0.29) is 17.8 Å². The third kappa shape index (κ3) is 4.35. The molecule has 0 fully saturated rings. The Balaban J connectivity index is 1.44. The highest BCUT2D eigenvalue weighted by molar-refractivity contribution is 6.01. The van der Waals surface area contributed by atoms with Gasteiger partial charge in [-0.25, -0.2) is 4.68 Å². The number of aromatic nitrogens is 3. The van der Waals surface area contributed by atoms with Crippen LogP contribution in [0.3, 0.4) is 0 Å². The number of para-hydroxylation sites is 1. The summed E-state index contributed by atoms with van der Waals surface area (Å²) < 4.78 is 13.1. The molecule has 0 saturated heterocycles. The van der Waals surface area contributed by atoms with Crippen LogP contribution in [-0.4, -0.2) is 38.3 Å². The molecule has 1 unspecified atom stereocenters. The topological polar surface area (TPSA) is 107 Å². The molecule has 1 aromatic heterocycles.